The van der Waals surface area contributed by atoms with Gasteiger partial charge >= 0.3 is 0 Å². The summed E-state index contributed by atoms with van der Waals surface area (Å²) in [5.74, 6) is 0.304. The van der Waals surface area contributed by atoms with E-state index in [-0.39, 0.29) is 5.91 Å². The first-order valence-electron chi connectivity index (χ1n) is 6.57. The fourth-order valence-corrected chi connectivity index (χ4v) is 2.35. The average molecular weight is 297 g/mol. The number of carbonyl (C=O) groups is 1. The second-order valence-electron chi connectivity index (χ2n) is 4.69. The van der Waals surface area contributed by atoms with Gasteiger partial charge in [-0.15, -0.1) is 11.6 Å². The molecule has 0 saturated heterocycles. The van der Waals surface area contributed by atoms with Crippen molar-refractivity contribution in [3.63, 3.8) is 0 Å². The summed E-state index contributed by atoms with van der Waals surface area (Å²) in [6, 6.07) is 14.9. The number of anilines is 1. The zero-order chi connectivity index (χ0) is 14.7. The molecule has 1 heterocycles. The topological polar surface area (TPSA) is 42.0 Å². The van der Waals surface area contributed by atoms with Gasteiger partial charge in [0.1, 0.15) is 0 Å². The number of aromatic nitrogens is 1. The van der Waals surface area contributed by atoms with Crippen LogP contribution in [0.4, 0.5) is 5.69 Å². The molecule has 3 rings (SSSR count). The van der Waals surface area contributed by atoms with Crippen molar-refractivity contribution in [1.29, 1.82) is 0 Å². The van der Waals surface area contributed by atoms with Crippen molar-refractivity contribution in [3.8, 4) is 0 Å². The Morgan fingerprint density at radius 1 is 1.10 bits per heavy atom. The zero-order valence-corrected chi connectivity index (χ0v) is 12.0. The van der Waals surface area contributed by atoms with Crippen molar-refractivity contribution in [2.24, 2.45) is 0 Å². The van der Waals surface area contributed by atoms with Gasteiger partial charge in [-0.2, -0.15) is 0 Å². The van der Waals surface area contributed by atoms with Gasteiger partial charge in [-0.3, -0.25) is 9.78 Å². The quantitative estimate of drug-likeness (QED) is 0.735. The highest BCUT2D eigenvalue weighted by atomic mass is 35.5. The summed E-state index contributed by atoms with van der Waals surface area (Å²) in [7, 11) is 0. The highest BCUT2D eigenvalue weighted by Crippen LogP contribution is 2.22. The molecule has 0 radical (unpaired) electrons. The normalized spacial score (nSPS) is 10.5. The first-order chi connectivity index (χ1) is 10.3. The second kappa shape index (κ2) is 5.94. The van der Waals surface area contributed by atoms with Gasteiger partial charge < -0.3 is 5.32 Å². The molecular formula is C17H13ClN2O. The number of alkyl halides is 1. The number of rotatable bonds is 3. The Morgan fingerprint density at radius 2 is 1.90 bits per heavy atom. The lowest BCUT2D eigenvalue weighted by molar-refractivity contribution is 0.102. The van der Waals surface area contributed by atoms with E-state index in [1.807, 2.05) is 36.4 Å². The first-order valence-corrected chi connectivity index (χ1v) is 7.10. The summed E-state index contributed by atoms with van der Waals surface area (Å²) in [6.07, 6.45) is 3.49. The minimum Gasteiger partial charge on any atom is -0.321 e. The molecule has 3 nitrogen and oxygen atoms in total. The molecular weight excluding hydrogens is 284 g/mol. The van der Waals surface area contributed by atoms with Crippen LogP contribution in [-0.2, 0) is 5.88 Å². The van der Waals surface area contributed by atoms with Crippen molar-refractivity contribution in [2.75, 3.05) is 5.32 Å². The summed E-state index contributed by atoms with van der Waals surface area (Å²) in [4.78, 5) is 16.4. The average Bonchev–Trinajstić information content (AvgIpc) is 2.55. The Kier molecular flexibility index (Phi) is 3.84. The van der Waals surface area contributed by atoms with Gasteiger partial charge in [-0.05, 0) is 29.8 Å². The van der Waals surface area contributed by atoms with Gasteiger partial charge in [0.15, 0.2) is 0 Å². The van der Waals surface area contributed by atoms with Gasteiger partial charge in [0.25, 0.3) is 5.91 Å². The zero-order valence-electron chi connectivity index (χ0n) is 11.2. The van der Waals surface area contributed by atoms with Gasteiger partial charge in [0, 0.05) is 40.3 Å². The molecule has 0 aliphatic carbocycles. The number of fused-ring (bicyclic) bond motifs is 1. The fraction of sp³-hybridized carbons (Fsp3) is 0.0588. The Balaban J connectivity index is 1.89. The van der Waals surface area contributed by atoms with Crippen LogP contribution in [0.15, 0.2) is 60.9 Å². The third kappa shape index (κ3) is 2.88. The standard InChI is InChI=1S/C17H13ClN2O/c18-10-12-4-6-13(7-5-12)17(21)20-16-3-1-2-14-11-19-9-8-15(14)16/h1-9,11H,10H2,(H,20,21). The highest BCUT2D eigenvalue weighted by molar-refractivity contribution is 6.17. The molecule has 3 aromatic rings. The molecule has 0 bridgehead atoms. The predicted octanol–water partition coefficient (Wildman–Crippen LogP) is 4.23. The number of amides is 1. The van der Waals surface area contributed by atoms with E-state index in [1.54, 1.807) is 24.5 Å². The Morgan fingerprint density at radius 3 is 2.67 bits per heavy atom. The van der Waals surface area contributed by atoms with Crippen LogP contribution in [0.1, 0.15) is 15.9 Å². The maximum atomic E-state index is 12.3. The Bertz CT molecular complexity index is 779. The molecule has 0 aliphatic heterocycles. The maximum absolute atomic E-state index is 12.3. The summed E-state index contributed by atoms with van der Waals surface area (Å²) in [5, 5.41) is 4.90. The van der Waals surface area contributed by atoms with E-state index in [1.165, 1.54) is 0 Å². The SMILES string of the molecule is O=C(Nc1cccc2cnccc12)c1ccc(CCl)cc1. The van der Waals surface area contributed by atoms with Crippen LogP contribution in [0.3, 0.4) is 0 Å². The first kappa shape index (κ1) is 13.6. The van der Waals surface area contributed by atoms with Gasteiger partial charge in [-0.1, -0.05) is 24.3 Å². The predicted molar refractivity (Wildman–Crippen MR) is 85.7 cm³/mol. The smallest absolute Gasteiger partial charge is 0.255 e. The molecule has 0 atom stereocenters. The molecule has 104 valence electrons. The van der Waals surface area contributed by atoms with E-state index in [0.29, 0.717) is 11.4 Å². The molecule has 1 N–H and O–H groups in total. The number of hydrogen-bond donors (Lipinski definition) is 1. The van der Waals surface area contributed by atoms with Crippen molar-refractivity contribution < 1.29 is 4.79 Å². The maximum Gasteiger partial charge on any atom is 0.255 e. The molecule has 0 aliphatic rings. The van der Waals surface area contributed by atoms with Crippen molar-refractivity contribution in [1.82, 2.24) is 4.98 Å². The Labute approximate surface area is 127 Å². The van der Waals surface area contributed by atoms with E-state index in [0.717, 1.165) is 22.0 Å². The number of nitrogens with zero attached hydrogens (tertiary/aromatic N) is 1. The Hall–Kier alpha value is -2.39. The van der Waals surface area contributed by atoms with E-state index in [4.69, 9.17) is 11.6 Å². The van der Waals surface area contributed by atoms with Crippen LogP contribution in [-0.4, -0.2) is 10.9 Å². The van der Waals surface area contributed by atoms with Crippen LogP contribution in [0, 0.1) is 0 Å². The molecule has 0 unspecified atom stereocenters. The molecule has 2 aromatic carbocycles. The van der Waals surface area contributed by atoms with Crippen molar-refractivity contribution >= 4 is 34.0 Å². The third-order valence-corrected chi connectivity index (χ3v) is 3.61. The molecule has 1 aromatic heterocycles. The number of carbonyl (C=O) groups excluding carboxylic acids is 1. The van der Waals surface area contributed by atoms with E-state index in [9.17, 15) is 4.79 Å². The number of hydrogen-bond acceptors (Lipinski definition) is 2. The minimum atomic E-state index is -0.138. The van der Waals surface area contributed by atoms with E-state index < -0.39 is 0 Å². The van der Waals surface area contributed by atoms with Crippen LogP contribution in [0.25, 0.3) is 10.8 Å². The van der Waals surface area contributed by atoms with Gasteiger partial charge in [0.2, 0.25) is 0 Å². The molecule has 0 saturated carbocycles. The lowest BCUT2D eigenvalue weighted by Crippen LogP contribution is -2.12. The number of halogens is 1. The largest absolute Gasteiger partial charge is 0.321 e. The summed E-state index contributed by atoms with van der Waals surface area (Å²) in [5.41, 5.74) is 2.38. The molecule has 0 spiro atoms. The number of benzene rings is 2. The third-order valence-electron chi connectivity index (χ3n) is 3.30. The van der Waals surface area contributed by atoms with Crippen molar-refractivity contribution in [3.05, 3.63) is 72.1 Å². The van der Waals surface area contributed by atoms with Crippen LogP contribution >= 0.6 is 11.6 Å². The van der Waals surface area contributed by atoms with Gasteiger partial charge in [-0.25, -0.2) is 0 Å². The summed E-state index contributed by atoms with van der Waals surface area (Å²) in [6.45, 7) is 0. The lowest BCUT2D eigenvalue weighted by atomic mass is 10.1. The van der Waals surface area contributed by atoms with Crippen LogP contribution < -0.4 is 5.32 Å². The van der Waals surface area contributed by atoms with Crippen LogP contribution in [0.2, 0.25) is 0 Å². The van der Waals surface area contributed by atoms with Crippen molar-refractivity contribution in [2.45, 2.75) is 5.88 Å². The number of pyridine rings is 1. The number of nitrogens with one attached hydrogen (secondary N) is 1. The fourth-order valence-electron chi connectivity index (χ4n) is 2.17. The summed E-state index contributed by atoms with van der Waals surface area (Å²) >= 11 is 5.75. The summed E-state index contributed by atoms with van der Waals surface area (Å²) < 4.78 is 0. The lowest BCUT2D eigenvalue weighted by Gasteiger charge is -2.08. The molecule has 4 heteroatoms. The van der Waals surface area contributed by atoms with Crippen LogP contribution in [0.5, 0.6) is 0 Å². The monoisotopic (exact) mass is 296 g/mol. The van der Waals surface area contributed by atoms with E-state index >= 15 is 0 Å². The second-order valence-corrected chi connectivity index (χ2v) is 4.95. The van der Waals surface area contributed by atoms with Gasteiger partial charge in [0.05, 0.1) is 0 Å². The minimum absolute atomic E-state index is 0.138. The molecule has 21 heavy (non-hydrogen) atoms. The molecule has 0 fully saturated rings. The van der Waals surface area contributed by atoms with E-state index in [2.05, 4.69) is 10.3 Å². The molecule has 1 amide bonds. The highest BCUT2D eigenvalue weighted by Gasteiger charge is 2.08.